The number of allylic oxidation sites excluding steroid dienone is 2. The van der Waals surface area contributed by atoms with Gasteiger partial charge in [0.25, 0.3) is 0 Å². The zero-order valence-corrected chi connectivity index (χ0v) is 12.2. The molecular weight excluding hydrogens is 208 g/mol. The van der Waals surface area contributed by atoms with E-state index in [0.717, 1.165) is 29.9 Å². The van der Waals surface area contributed by atoms with E-state index in [-0.39, 0.29) is 0 Å². The lowest BCUT2D eigenvalue weighted by Gasteiger charge is -2.13. The molecule has 0 bridgehead atoms. The van der Waals surface area contributed by atoms with Crippen molar-refractivity contribution in [2.45, 2.75) is 48.0 Å². The van der Waals surface area contributed by atoms with Gasteiger partial charge in [0.1, 0.15) is 0 Å². The van der Waals surface area contributed by atoms with Gasteiger partial charge in [0.05, 0.1) is 11.4 Å². The summed E-state index contributed by atoms with van der Waals surface area (Å²) in [7, 11) is 0. The van der Waals surface area contributed by atoms with E-state index in [1.807, 2.05) is 13.1 Å². The van der Waals surface area contributed by atoms with E-state index in [9.17, 15) is 0 Å². The maximum atomic E-state index is 4.70. The fourth-order valence-corrected chi connectivity index (χ4v) is 1.32. The van der Waals surface area contributed by atoms with Crippen LogP contribution in [0.4, 0.5) is 0 Å². The highest BCUT2D eigenvalue weighted by molar-refractivity contribution is 6.30. The van der Waals surface area contributed by atoms with Crippen LogP contribution in [0, 0.1) is 5.92 Å². The first kappa shape index (κ1) is 15.8. The molecule has 0 spiro atoms. The Balaban J connectivity index is 5.24. The van der Waals surface area contributed by atoms with Gasteiger partial charge in [0.2, 0.25) is 0 Å². The third-order valence-corrected chi connectivity index (χ3v) is 2.52. The first-order valence-electron chi connectivity index (χ1n) is 6.38. The minimum atomic E-state index is 0.421. The van der Waals surface area contributed by atoms with Crippen LogP contribution < -0.4 is 0 Å². The molecule has 0 aromatic carbocycles. The highest BCUT2D eigenvalue weighted by Gasteiger charge is 2.08. The molecule has 0 heterocycles. The molecule has 0 N–H and O–H groups in total. The molecule has 17 heavy (non-hydrogen) atoms. The predicted molar refractivity (Wildman–Crippen MR) is 79.1 cm³/mol. The van der Waals surface area contributed by atoms with E-state index in [1.165, 1.54) is 5.57 Å². The van der Waals surface area contributed by atoms with Crippen LogP contribution in [0.15, 0.2) is 33.4 Å². The van der Waals surface area contributed by atoms with Crippen molar-refractivity contribution in [2.24, 2.45) is 15.9 Å². The average Bonchev–Trinajstić information content (AvgIpc) is 2.28. The van der Waals surface area contributed by atoms with Gasteiger partial charge in [0, 0.05) is 12.8 Å². The van der Waals surface area contributed by atoms with Gasteiger partial charge in [0.15, 0.2) is 0 Å². The van der Waals surface area contributed by atoms with Crippen LogP contribution in [0.25, 0.3) is 0 Å². The van der Waals surface area contributed by atoms with Crippen LogP contribution >= 0.6 is 0 Å². The Kier molecular flexibility index (Phi) is 7.44. The summed E-state index contributed by atoms with van der Waals surface area (Å²) in [6.07, 6.45) is 2.77. The second-order valence-electron chi connectivity index (χ2n) is 4.61. The largest absolute Gasteiger partial charge is 0.292 e. The molecule has 0 saturated carbocycles. The van der Waals surface area contributed by atoms with Gasteiger partial charge in [-0.15, -0.1) is 0 Å². The zero-order valence-electron chi connectivity index (χ0n) is 12.2. The summed E-state index contributed by atoms with van der Waals surface area (Å²) >= 11 is 0. The number of aliphatic imine (C=N–C) groups is 2. The van der Waals surface area contributed by atoms with Gasteiger partial charge in [-0.2, -0.15) is 0 Å². The van der Waals surface area contributed by atoms with Crippen LogP contribution in [0.2, 0.25) is 0 Å². The highest BCUT2D eigenvalue weighted by atomic mass is 14.8. The summed E-state index contributed by atoms with van der Waals surface area (Å²) in [5, 5.41) is 0. The van der Waals surface area contributed by atoms with Crippen molar-refractivity contribution >= 4 is 11.9 Å². The summed E-state index contributed by atoms with van der Waals surface area (Å²) in [6, 6.07) is 0. The summed E-state index contributed by atoms with van der Waals surface area (Å²) in [5.74, 6) is 0.421. The molecule has 0 aliphatic carbocycles. The Bertz CT molecular complexity index is 340. The SMILES string of the molecule is C=C(C(N=C(C=NCC)CC)=C(C)C)C(C)C. The van der Waals surface area contributed by atoms with Crippen LogP contribution in [0.1, 0.15) is 48.0 Å². The molecule has 0 aliphatic heterocycles. The molecule has 0 aromatic rings. The van der Waals surface area contributed by atoms with Gasteiger partial charge in [-0.1, -0.05) is 32.9 Å². The third kappa shape index (κ3) is 5.62. The Hall–Kier alpha value is -1.18. The van der Waals surface area contributed by atoms with Crippen molar-refractivity contribution in [3.05, 3.63) is 23.4 Å². The molecule has 0 atom stereocenters. The lowest BCUT2D eigenvalue weighted by atomic mass is 9.99. The minimum absolute atomic E-state index is 0.421. The fraction of sp³-hybridized carbons (Fsp3) is 0.600. The third-order valence-electron chi connectivity index (χ3n) is 2.52. The first-order valence-corrected chi connectivity index (χ1v) is 6.38. The van der Waals surface area contributed by atoms with Crippen molar-refractivity contribution in [3.8, 4) is 0 Å². The predicted octanol–water partition coefficient (Wildman–Crippen LogP) is 4.43. The molecular formula is C15H26N2. The van der Waals surface area contributed by atoms with Gasteiger partial charge >= 0.3 is 0 Å². The molecule has 96 valence electrons. The molecule has 0 rings (SSSR count). The molecule has 0 fully saturated rings. The fourth-order valence-electron chi connectivity index (χ4n) is 1.32. The quantitative estimate of drug-likeness (QED) is 0.479. The minimum Gasteiger partial charge on any atom is -0.292 e. The summed E-state index contributed by atoms with van der Waals surface area (Å²) < 4.78 is 0. The molecule has 0 radical (unpaired) electrons. The van der Waals surface area contributed by atoms with Gasteiger partial charge in [-0.3, -0.25) is 9.98 Å². The topological polar surface area (TPSA) is 24.7 Å². The zero-order chi connectivity index (χ0) is 13.4. The Morgan fingerprint density at radius 1 is 1.24 bits per heavy atom. The Morgan fingerprint density at radius 3 is 2.18 bits per heavy atom. The van der Waals surface area contributed by atoms with Gasteiger partial charge in [-0.25, -0.2) is 0 Å². The highest BCUT2D eigenvalue weighted by Crippen LogP contribution is 2.22. The summed E-state index contributed by atoms with van der Waals surface area (Å²) in [4.78, 5) is 8.95. The number of hydrogen-bond donors (Lipinski definition) is 0. The monoisotopic (exact) mass is 234 g/mol. The van der Waals surface area contributed by atoms with E-state index in [0.29, 0.717) is 5.92 Å². The lowest BCUT2D eigenvalue weighted by molar-refractivity contribution is 0.774. The maximum Gasteiger partial charge on any atom is 0.0648 e. The summed E-state index contributed by atoms with van der Waals surface area (Å²) in [5.41, 5.74) is 4.35. The first-order chi connectivity index (χ1) is 7.93. The summed E-state index contributed by atoms with van der Waals surface area (Å²) in [6.45, 7) is 17.5. The van der Waals surface area contributed by atoms with E-state index >= 15 is 0 Å². The molecule has 2 heteroatoms. The maximum absolute atomic E-state index is 4.70. The standard InChI is InChI=1S/C15H26N2/c1-8-14(10-16-9-2)17-15(12(5)6)13(7)11(3)4/h10-11H,7-9H2,1-6H3. The number of nitrogens with zero attached hydrogens (tertiary/aromatic N) is 2. The number of rotatable bonds is 6. The van der Waals surface area contributed by atoms with Crippen LogP contribution in [-0.4, -0.2) is 18.5 Å². The number of hydrogen-bond acceptors (Lipinski definition) is 2. The normalized spacial score (nSPS) is 12.3. The molecule has 2 nitrogen and oxygen atoms in total. The van der Waals surface area contributed by atoms with E-state index in [2.05, 4.69) is 46.2 Å². The Morgan fingerprint density at radius 2 is 1.82 bits per heavy atom. The van der Waals surface area contributed by atoms with Gasteiger partial charge < -0.3 is 0 Å². The van der Waals surface area contributed by atoms with Crippen molar-refractivity contribution in [1.29, 1.82) is 0 Å². The lowest BCUT2D eigenvalue weighted by Crippen LogP contribution is -2.03. The van der Waals surface area contributed by atoms with Crippen molar-refractivity contribution in [2.75, 3.05) is 6.54 Å². The van der Waals surface area contributed by atoms with Crippen LogP contribution in [-0.2, 0) is 0 Å². The molecule has 0 aromatic heterocycles. The second kappa shape index (κ2) is 7.99. The molecule has 0 saturated heterocycles. The van der Waals surface area contributed by atoms with E-state index in [4.69, 9.17) is 4.99 Å². The van der Waals surface area contributed by atoms with Gasteiger partial charge in [-0.05, 0) is 38.7 Å². The smallest absolute Gasteiger partial charge is 0.0648 e. The van der Waals surface area contributed by atoms with Crippen LogP contribution in [0.3, 0.4) is 0 Å². The van der Waals surface area contributed by atoms with Crippen molar-refractivity contribution in [1.82, 2.24) is 0 Å². The molecule has 0 aliphatic rings. The molecule has 0 unspecified atom stereocenters. The second-order valence-corrected chi connectivity index (χ2v) is 4.61. The van der Waals surface area contributed by atoms with Crippen molar-refractivity contribution < 1.29 is 0 Å². The van der Waals surface area contributed by atoms with E-state index in [1.54, 1.807) is 0 Å². The average molecular weight is 234 g/mol. The van der Waals surface area contributed by atoms with Crippen molar-refractivity contribution in [3.63, 3.8) is 0 Å². The molecule has 0 amide bonds. The van der Waals surface area contributed by atoms with Crippen LogP contribution in [0.5, 0.6) is 0 Å². The van der Waals surface area contributed by atoms with E-state index < -0.39 is 0 Å². The Labute approximate surface area is 106 Å².